The Balaban J connectivity index is 1.66. The predicted octanol–water partition coefficient (Wildman–Crippen LogP) is 4.43. The molecule has 0 amide bonds. The average molecular weight is 609 g/mol. The van der Waals surface area contributed by atoms with Gasteiger partial charge < -0.3 is 23.7 Å². The van der Waals surface area contributed by atoms with Gasteiger partial charge in [-0.05, 0) is 56.3 Å². The first-order valence-corrected chi connectivity index (χ1v) is 13.9. The van der Waals surface area contributed by atoms with Gasteiger partial charge in [0.25, 0.3) is 5.56 Å². The maximum atomic E-state index is 13.9. The molecule has 1 N–H and O–H groups in total. The average Bonchev–Trinajstić information content (AvgIpc) is 3.56. The number of carboxylic acids is 1. The quantitative estimate of drug-likeness (QED) is 0.291. The monoisotopic (exact) mass is 608 g/mol. The Hall–Kier alpha value is -4.61. The van der Waals surface area contributed by atoms with E-state index >= 15 is 0 Å². The number of aromatic carboxylic acids is 1. The molecule has 0 saturated carbocycles. The molecule has 0 fully saturated rings. The number of esters is 1. The number of carboxylic acid groups (broad SMARTS) is 1. The summed E-state index contributed by atoms with van der Waals surface area (Å²) in [6, 6.07) is 11.9. The van der Waals surface area contributed by atoms with Crippen molar-refractivity contribution in [1.29, 1.82) is 0 Å². The molecule has 0 aliphatic carbocycles. The molecule has 0 saturated heterocycles. The molecular formula is C30H25ClN2O8S. The number of hydrogen-bond donors (Lipinski definition) is 1. The van der Waals surface area contributed by atoms with Crippen LogP contribution in [0.25, 0.3) is 17.4 Å². The van der Waals surface area contributed by atoms with E-state index in [1.165, 1.54) is 37.0 Å². The van der Waals surface area contributed by atoms with E-state index in [1.807, 2.05) is 0 Å². The molecule has 1 atom stereocenters. The van der Waals surface area contributed by atoms with Crippen LogP contribution in [-0.2, 0) is 9.53 Å². The second-order valence-electron chi connectivity index (χ2n) is 9.11. The highest BCUT2D eigenvalue weighted by atomic mass is 35.5. The van der Waals surface area contributed by atoms with Crippen molar-refractivity contribution < 1.29 is 33.3 Å². The molecule has 10 nitrogen and oxygen atoms in total. The maximum Gasteiger partial charge on any atom is 0.338 e. The lowest BCUT2D eigenvalue weighted by Gasteiger charge is -2.26. The number of fused-ring (bicyclic) bond motifs is 1. The fourth-order valence-corrected chi connectivity index (χ4v) is 5.92. The number of nitrogens with zero attached hydrogens (tertiary/aromatic N) is 2. The van der Waals surface area contributed by atoms with E-state index in [9.17, 15) is 19.5 Å². The third-order valence-electron chi connectivity index (χ3n) is 6.63. The summed E-state index contributed by atoms with van der Waals surface area (Å²) < 4.78 is 24.0. The number of aromatic nitrogens is 1. The van der Waals surface area contributed by atoms with E-state index in [0.29, 0.717) is 54.2 Å². The van der Waals surface area contributed by atoms with Gasteiger partial charge >= 0.3 is 11.9 Å². The zero-order valence-electron chi connectivity index (χ0n) is 23.0. The zero-order chi connectivity index (χ0) is 30.1. The third-order valence-corrected chi connectivity index (χ3v) is 7.94. The van der Waals surface area contributed by atoms with E-state index in [-0.39, 0.29) is 17.7 Å². The summed E-state index contributed by atoms with van der Waals surface area (Å²) >= 11 is 7.44. The Morgan fingerprint density at radius 3 is 2.62 bits per heavy atom. The van der Waals surface area contributed by atoms with Gasteiger partial charge in [-0.25, -0.2) is 14.6 Å². The van der Waals surface area contributed by atoms with Crippen LogP contribution in [-0.4, -0.2) is 42.4 Å². The second-order valence-corrected chi connectivity index (χ2v) is 10.5. The van der Waals surface area contributed by atoms with Crippen molar-refractivity contribution in [3.8, 4) is 22.8 Å². The van der Waals surface area contributed by atoms with Crippen molar-refractivity contribution in [3.63, 3.8) is 0 Å². The fourth-order valence-electron chi connectivity index (χ4n) is 4.68. The minimum atomic E-state index is -1.10. The molecule has 0 bridgehead atoms. The van der Waals surface area contributed by atoms with E-state index < -0.39 is 23.5 Å². The molecule has 1 aliphatic heterocycles. The molecule has 0 unspecified atom stereocenters. The first kappa shape index (κ1) is 28.9. The Morgan fingerprint density at radius 2 is 1.93 bits per heavy atom. The van der Waals surface area contributed by atoms with Gasteiger partial charge in [-0.1, -0.05) is 22.9 Å². The number of furan rings is 1. The van der Waals surface area contributed by atoms with Crippen LogP contribution in [0.5, 0.6) is 11.5 Å². The lowest BCUT2D eigenvalue weighted by atomic mass is 9.95. The number of thiazole rings is 1. The van der Waals surface area contributed by atoms with E-state index in [4.69, 9.17) is 30.2 Å². The number of allylic oxidation sites excluding steroid dienone is 1. The number of benzene rings is 2. The van der Waals surface area contributed by atoms with Crippen molar-refractivity contribution >= 4 is 41.0 Å². The zero-order valence-corrected chi connectivity index (χ0v) is 24.5. The standard InChI is InChI=1S/C30H25ClN2O8S/c1-5-40-29(37)25-15(2)32-30-33(26(25)19-9-7-17(38-3)13-23(19)39-4)27(34)24(42-30)14-18-8-11-22(41-18)20-12-16(28(35)36)6-10-21(20)31/h6-14,26H,5H2,1-4H3,(H,35,36)/b24-14+/t26-/m1/s1. The third kappa shape index (κ3) is 5.24. The summed E-state index contributed by atoms with van der Waals surface area (Å²) in [7, 11) is 3.03. The van der Waals surface area contributed by atoms with Crippen LogP contribution in [0.4, 0.5) is 0 Å². The van der Waals surface area contributed by atoms with Crippen molar-refractivity contribution in [2.24, 2.45) is 4.99 Å². The lowest BCUT2D eigenvalue weighted by molar-refractivity contribution is -0.139. The SMILES string of the molecule is CCOC(=O)C1=C(C)N=c2s/c(=C/c3ccc(-c4cc(C(=O)O)ccc4Cl)o3)c(=O)n2[C@@H]1c1ccc(OC)cc1OC. The highest BCUT2D eigenvalue weighted by molar-refractivity contribution is 7.07. The van der Waals surface area contributed by atoms with Crippen LogP contribution in [0.2, 0.25) is 5.02 Å². The largest absolute Gasteiger partial charge is 0.497 e. The van der Waals surface area contributed by atoms with Crippen molar-refractivity contribution in [2.75, 3.05) is 20.8 Å². The van der Waals surface area contributed by atoms with Gasteiger partial charge in [0.05, 0.1) is 47.2 Å². The van der Waals surface area contributed by atoms with Crippen LogP contribution in [0, 0.1) is 0 Å². The minimum absolute atomic E-state index is 0.0578. The number of carbonyl (C=O) groups excluding carboxylic acids is 1. The maximum absolute atomic E-state index is 13.9. The normalized spacial score (nSPS) is 14.8. The molecule has 12 heteroatoms. The molecule has 0 radical (unpaired) electrons. The molecule has 1 aliphatic rings. The van der Waals surface area contributed by atoms with E-state index in [0.717, 1.165) is 11.3 Å². The van der Waals surface area contributed by atoms with Gasteiger partial charge in [0.15, 0.2) is 4.80 Å². The molecule has 4 aromatic rings. The highest BCUT2D eigenvalue weighted by Crippen LogP contribution is 2.37. The number of ether oxygens (including phenoxy) is 3. The van der Waals surface area contributed by atoms with Crippen LogP contribution < -0.4 is 24.4 Å². The van der Waals surface area contributed by atoms with Crippen LogP contribution in [0.1, 0.15) is 41.6 Å². The molecule has 42 heavy (non-hydrogen) atoms. The molecule has 2 aromatic carbocycles. The first-order chi connectivity index (χ1) is 20.2. The number of carbonyl (C=O) groups is 2. The minimum Gasteiger partial charge on any atom is -0.497 e. The van der Waals surface area contributed by atoms with E-state index in [1.54, 1.807) is 50.3 Å². The van der Waals surface area contributed by atoms with Crippen molar-refractivity contribution in [1.82, 2.24) is 4.57 Å². The fraction of sp³-hybridized carbons (Fsp3) is 0.200. The molecule has 216 valence electrons. The van der Waals surface area contributed by atoms with E-state index in [2.05, 4.69) is 4.99 Å². The topological polar surface area (TPSA) is 130 Å². The van der Waals surface area contributed by atoms with Crippen LogP contribution in [0.15, 0.2) is 74.0 Å². The van der Waals surface area contributed by atoms with Crippen molar-refractivity contribution in [3.05, 3.63) is 101 Å². The lowest BCUT2D eigenvalue weighted by Crippen LogP contribution is -2.40. The summed E-state index contributed by atoms with van der Waals surface area (Å²) in [6.45, 7) is 3.54. The molecule has 0 spiro atoms. The molecule has 2 aromatic heterocycles. The molecule has 5 rings (SSSR count). The molecular weight excluding hydrogens is 584 g/mol. The highest BCUT2D eigenvalue weighted by Gasteiger charge is 2.35. The Bertz CT molecular complexity index is 1930. The first-order valence-electron chi connectivity index (χ1n) is 12.7. The summed E-state index contributed by atoms with van der Waals surface area (Å²) in [5.41, 5.74) is 1.24. The summed E-state index contributed by atoms with van der Waals surface area (Å²) in [4.78, 5) is 43.5. The van der Waals surface area contributed by atoms with Gasteiger partial charge in [0, 0.05) is 23.3 Å². The van der Waals surface area contributed by atoms with Crippen molar-refractivity contribution in [2.45, 2.75) is 19.9 Å². The molecule has 3 heterocycles. The number of halogens is 1. The number of rotatable bonds is 8. The van der Waals surface area contributed by atoms with Crippen LogP contribution >= 0.6 is 22.9 Å². The number of methoxy groups -OCH3 is 2. The number of hydrogen-bond acceptors (Lipinski definition) is 9. The second kappa shape index (κ2) is 11.7. The van der Waals surface area contributed by atoms with Crippen LogP contribution in [0.3, 0.4) is 0 Å². The Morgan fingerprint density at radius 1 is 1.14 bits per heavy atom. The van der Waals surface area contributed by atoms with Gasteiger partial charge in [-0.2, -0.15) is 0 Å². The predicted molar refractivity (Wildman–Crippen MR) is 156 cm³/mol. The smallest absolute Gasteiger partial charge is 0.338 e. The van der Waals surface area contributed by atoms with Gasteiger partial charge in [-0.3, -0.25) is 9.36 Å². The van der Waals surface area contributed by atoms with Gasteiger partial charge in [0.1, 0.15) is 29.1 Å². The Labute approximate surface area is 248 Å². The summed E-state index contributed by atoms with van der Waals surface area (Å²) in [5.74, 6) is -0.0469. The van der Waals surface area contributed by atoms with Gasteiger partial charge in [0.2, 0.25) is 0 Å². The summed E-state index contributed by atoms with van der Waals surface area (Å²) in [6.07, 6.45) is 1.56. The van der Waals surface area contributed by atoms with Gasteiger partial charge in [-0.15, -0.1) is 0 Å². The summed E-state index contributed by atoms with van der Waals surface area (Å²) in [5, 5.41) is 9.67. The Kier molecular flexibility index (Phi) is 8.06.